The molecule has 1 aliphatic rings. The second-order valence-corrected chi connectivity index (χ2v) is 6.74. The predicted molar refractivity (Wildman–Crippen MR) is 107 cm³/mol. The lowest BCUT2D eigenvalue weighted by atomic mass is 10.1. The summed E-state index contributed by atoms with van der Waals surface area (Å²) >= 11 is 0. The van der Waals surface area contributed by atoms with Crippen molar-refractivity contribution in [2.24, 2.45) is 0 Å². The third kappa shape index (κ3) is 4.38. The lowest BCUT2D eigenvalue weighted by Gasteiger charge is -2.12. The third-order valence-corrected chi connectivity index (χ3v) is 4.79. The summed E-state index contributed by atoms with van der Waals surface area (Å²) in [4.78, 5) is 50.1. The van der Waals surface area contributed by atoms with E-state index in [1.165, 1.54) is 30.2 Å². The summed E-state index contributed by atoms with van der Waals surface area (Å²) in [5.74, 6) is -1.56. The number of nitrogens with zero attached hydrogens (tertiary/aromatic N) is 1. The number of rotatable bonds is 8. The van der Waals surface area contributed by atoms with Crippen LogP contribution in [0.25, 0.3) is 0 Å². The van der Waals surface area contributed by atoms with Crippen LogP contribution in [0.1, 0.15) is 53.4 Å². The van der Waals surface area contributed by atoms with Gasteiger partial charge in [0.1, 0.15) is 0 Å². The first kappa shape index (κ1) is 21.2. The molecule has 0 aromatic heterocycles. The molecule has 0 bridgehead atoms. The molecule has 0 unspecified atom stereocenters. The van der Waals surface area contributed by atoms with Gasteiger partial charge in [-0.25, -0.2) is 4.79 Å². The van der Waals surface area contributed by atoms with E-state index in [1.807, 2.05) is 0 Å². The van der Waals surface area contributed by atoms with Crippen LogP contribution >= 0.6 is 0 Å². The zero-order valence-corrected chi connectivity index (χ0v) is 16.8. The average molecular weight is 410 g/mol. The molecule has 156 valence electrons. The van der Waals surface area contributed by atoms with Gasteiger partial charge in [0.2, 0.25) is 0 Å². The largest absolute Gasteiger partial charge is 0.465 e. The number of nitrogens with one attached hydrogen (secondary N) is 1. The normalized spacial score (nSPS) is 12.7. The number of carbonyl (C=O) groups excluding carboxylic acids is 4. The maximum Gasteiger partial charge on any atom is 0.337 e. The molecule has 1 N–H and O–H groups in total. The van der Waals surface area contributed by atoms with Gasteiger partial charge in [0.05, 0.1) is 23.8 Å². The second kappa shape index (κ2) is 9.32. The van der Waals surface area contributed by atoms with E-state index in [4.69, 9.17) is 4.74 Å². The minimum Gasteiger partial charge on any atom is -0.465 e. The van der Waals surface area contributed by atoms with E-state index >= 15 is 0 Å². The zero-order valence-electron chi connectivity index (χ0n) is 16.8. The van der Waals surface area contributed by atoms with Gasteiger partial charge in [-0.15, -0.1) is 0 Å². The standard InChI is InChI=1S/C22H22N2O6/c1-29-11-3-10-24-20(26)17-9-8-16(12-18(17)21(24)27)19(25)23-13-14-4-6-15(7-5-14)22(28)30-2/h4-9,12H,3,10-11,13H2,1-2H3,(H,23,25). The summed E-state index contributed by atoms with van der Waals surface area (Å²) in [6.45, 7) is 0.957. The van der Waals surface area contributed by atoms with Crippen LogP contribution < -0.4 is 5.32 Å². The predicted octanol–water partition coefficient (Wildman–Crippen LogP) is 2.04. The van der Waals surface area contributed by atoms with Gasteiger partial charge in [0, 0.05) is 32.4 Å². The number of imide groups is 1. The molecule has 2 aromatic carbocycles. The Bertz CT molecular complexity index is 984. The molecular formula is C22H22N2O6. The van der Waals surface area contributed by atoms with Crippen LogP contribution in [-0.2, 0) is 16.0 Å². The van der Waals surface area contributed by atoms with Gasteiger partial charge < -0.3 is 14.8 Å². The Morgan fingerprint density at radius 1 is 0.933 bits per heavy atom. The number of esters is 1. The van der Waals surface area contributed by atoms with E-state index in [2.05, 4.69) is 10.1 Å². The summed E-state index contributed by atoms with van der Waals surface area (Å²) < 4.78 is 9.61. The van der Waals surface area contributed by atoms with Crippen molar-refractivity contribution in [1.82, 2.24) is 10.2 Å². The van der Waals surface area contributed by atoms with Gasteiger partial charge in [-0.3, -0.25) is 19.3 Å². The summed E-state index contributed by atoms with van der Waals surface area (Å²) in [6, 6.07) is 11.1. The SMILES string of the molecule is COCCCN1C(=O)c2ccc(C(=O)NCc3ccc(C(=O)OC)cc3)cc2C1=O. The number of hydrogen-bond donors (Lipinski definition) is 1. The molecule has 2 aromatic rings. The van der Waals surface area contributed by atoms with Gasteiger partial charge >= 0.3 is 5.97 Å². The van der Waals surface area contributed by atoms with Crippen molar-refractivity contribution in [2.45, 2.75) is 13.0 Å². The molecule has 0 saturated carbocycles. The molecule has 0 saturated heterocycles. The fourth-order valence-corrected chi connectivity index (χ4v) is 3.16. The van der Waals surface area contributed by atoms with E-state index in [0.29, 0.717) is 29.7 Å². The topological polar surface area (TPSA) is 102 Å². The maximum absolute atomic E-state index is 12.6. The van der Waals surface area contributed by atoms with Crippen molar-refractivity contribution in [3.8, 4) is 0 Å². The highest BCUT2D eigenvalue weighted by molar-refractivity contribution is 6.22. The molecule has 3 amide bonds. The second-order valence-electron chi connectivity index (χ2n) is 6.74. The van der Waals surface area contributed by atoms with Crippen molar-refractivity contribution < 1.29 is 28.7 Å². The van der Waals surface area contributed by atoms with E-state index in [9.17, 15) is 19.2 Å². The van der Waals surface area contributed by atoms with Crippen LogP contribution in [0, 0.1) is 0 Å². The molecule has 3 rings (SSSR count). The molecule has 0 atom stereocenters. The van der Waals surface area contributed by atoms with Gasteiger partial charge in [-0.1, -0.05) is 12.1 Å². The van der Waals surface area contributed by atoms with Crippen molar-refractivity contribution in [3.63, 3.8) is 0 Å². The first-order chi connectivity index (χ1) is 14.5. The minimum atomic E-state index is -0.431. The molecule has 0 fully saturated rings. The number of amides is 3. The van der Waals surface area contributed by atoms with Gasteiger partial charge in [0.25, 0.3) is 17.7 Å². The Hall–Kier alpha value is -3.52. The van der Waals surface area contributed by atoms with E-state index in [-0.39, 0.29) is 30.5 Å². The number of methoxy groups -OCH3 is 2. The molecule has 30 heavy (non-hydrogen) atoms. The summed E-state index contributed by atoms with van der Waals surface area (Å²) in [5.41, 5.74) is 2.04. The Morgan fingerprint density at radius 3 is 2.27 bits per heavy atom. The zero-order chi connectivity index (χ0) is 21.7. The number of benzene rings is 2. The number of fused-ring (bicyclic) bond motifs is 1. The van der Waals surface area contributed by atoms with Crippen molar-refractivity contribution in [2.75, 3.05) is 27.4 Å². The lowest BCUT2D eigenvalue weighted by Crippen LogP contribution is -2.31. The molecule has 1 aliphatic heterocycles. The van der Waals surface area contributed by atoms with Crippen LogP contribution in [0.4, 0.5) is 0 Å². The quantitative estimate of drug-likeness (QED) is 0.406. The van der Waals surface area contributed by atoms with Crippen molar-refractivity contribution in [1.29, 1.82) is 0 Å². The highest BCUT2D eigenvalue weighted by Gasteiger charge is 2.35. The monoisotopic (exact) mass is 410 g/mol. The van der Waals surface area contributed by atoms with Gasteiger partial charge in [0.15, 0.2) is 0 Å². The van der Waals surface area contributed by atoms with E-state index in [1.54, 1.807) is 31.4 Å². The molecule has 0 radical (unpaired) electrons. The van der Waals surface area contributed by atoms with Crippen LogP contribution in [-0.4, -0.2) is 56.0 Å². The fourth-order valence-electron chi connectivity index (χ4n) is 3.16. The van der Waals surface area contributed by atoms with Crippen molar-refractivity contribution >= 4 is 23.7 Å². The Kier molecular flexibility index (Phi) is 6.58. The Labute approximate surface area is 173 Å². The van der Waals surface area contributed by atoms with Crippen LogP contribution in [0.5, 0.6) is 0 Å². The van der Waals surface area contributed by atoms with Crippen LogP contribution in [0.15, 0.2) is 42.5 Å². The van der Waals surface area contributed by atoms with Crippen molar-refractivity contribution in [3.05, 3.63) is 70.3 Å². The lowest BCUT2D eigenvalue weighted by molar-refractivity contribution is 0.0597. The molecule has 0 spiro atoms. The van der Waals surface area contributed by atoms with E-state index < -0.39 is 11.9 Å². The third-order valence-electron chi connectivity index (χ3n) is 4.79. The maximum atomic E-state index is 12.6. The highest BCUT2D eigenvalue weighted by atomic mass is 16.5. The fraction of sp³-hybridized carbons (Fsp3) is 0.273. The molecule has 1 heterocycles. The number of hydrogen-bond acceptors (Lipinski definition) is 6. The number of ether oxygens (including phenoxy) is 2. The van der Waals surface area contributed by atoms with Crippen LogP contribution in [0.2, 0.25) is 0 Å². The molecule has 8 heteroatoms. The minimum absolute atomic E-state index is 0.229. The molecule has 0 aliphatic carbocycles. The summed E-state index contributed by atoms with van der Waals surface area (Å²) in [5, 5.41) is 2.77. The number of carbonyl (C=O) groups is 4. The molecule has 8 nitrogen and oxygen atoms in total. The Balaban J connectivity index is 1.65. The molecular weight excluding hydrogens is 388 g/mol. The summed E-state index contributed by atoms with van der Waals surface area (Å²) in [7, 11) is 2.87. The van der Waals surface area contributed by atoms with Gasteiger partial charge in [-0.2, -0.15) is 0 Å². The smallest absolute Gasteiger partial charge is 0.337 e. The highest BCUT2D eigenvalue weighted by Crippen LogP contribution is 2.24. The van der Waals surface area contributed by atoms with Crippen LogP contribution in [0.3, 0.4) is 0 Å². The first-order valence-electron chi connectivity index (χ1n) is 9.41. The average Bonchev–Trinajstić information content (AvgIpc) is 3.01. The first-order valence-corrected chi connectivity index (χ1v) is 9.41. The van der Waals surface area contributed by atoms with E-state index in [0.717, 1.165) is 5.56 Å². The Morgan fingerprint density at radius 2 is 1.60 bits per heavy atom. The van der Waals surface area contributed by atoms with Gasteiger partial charge in [-0.05, 0) is 42.3 Å². The summed E-state index contributed by atoms with van der Waals surface area (Å²) in [6.07, 6.45) is 0.546.